The van der Waals surface area contributed by atoms with Crippen molar-refractivity contribution in [3.63, 3.8) is 0 Å². The number of aliphatic hydroxyl groups is 1. The highest BCUT2D eigenvalue weighted by Crippen LogP contribution is 2.65. The molecule has 0 aromatic carbocycles. The van der Waals surface area contributed by atoms with E-state index < -0.39 is 12.1 Å². The van der Waals surface area contributed by atoms with Gasteiger partial charge in [0.2, 0.25) is 0 Å². The van der Waals surface area contributed by atoms with Gasteiger partial charge < -0.3 is 14.9 Å². The van der Waals surface area contributed by atoms with Crippen molar-refractivity contribution in [2.24, 2.45) is 17.3 Å². The molecule has 6 unspecified atom stereocenters. The van der Waals surface area contributed by atoms with Crippen LogP contribution >= 0.6 is 0 Å². The largest absolute Gasteiger partial charge is 0.478 e. The first-order valence-corrected chi connectivity index (χ1v) is 7.10. The predicted octanol–water partition coefficient (Wildman–Crippen LogP) is 1.97. The van der Waals surface area contributed by atoms with Gasteiger partial charge in [0.15, 0.2) is 0 Å². The molecular formula is C15H22O4. The van der Waals surface area contributed by atoms with E-state index in [0.717, 1.165) is 19.3 Å². The smallest absolute Gasteiger partial charge is 0.331 e. The Morgan fingerprint density at radius 2 is 2.16 bits per heavy atom. The monoisotopic (exact) mass is 266 g/mol. The minimum Gasteiger partial charge on any atom is -0.478 e. The highest BCUT2D eigenvalue weighted by molar-refractivity contribution is 5.86. The van der Waals surface area contributed by atoms with Crippen molar-refractivity contribution in [2.75, 3.05) is 0 Å². The molecule has 0 aromatic heterocycles. The maximum atomic E-state index is 11.2. The van der Waals surface area contributed by atoms with E-state index in [1.165, 1.54) is 0 Å². The van der Waals surface area contributed by atoms with E-state index in [9.17, 15) is 15.0 Å². The summed E-state index contributed by atoms with van der Waals surface area (Å²) in [6.07, 6.45) is 2.73. The number of ether oxygens (including phenoxy) is 1. The average Bonchev–Trinajstić information content (AvgIpc) is 2.79. The van der Waals surface area contributed by atoms with Crippen LogP contribution in [-0.2, 0) is 9.53 Å². The molecule has 3 aliphatic rings. The second-order valence-corrected chi connectivity index (χ2v) is 6.80. The van der Waals surface area contributed by atoms with E-state index in [1.807, 2.05) is 0 Å². The van der Waals surface area contributed by atoms with Crippen LogP contribution in [0.2, 0.25) is 0 Å². The zero-order valence-corrected chi connectivity index (χ0v) is 11.6. The summed E-state index contributed by atoms with van der Waals surface area (Å²) in [5, 5.41) is 19.6. The molecule has 2 aliphatic heterocycles. The van der Waals surface area contributed by atoms with E-state index in [2.05, 4.69) is 20.4 Å². The standard InChI is InChI=1S/C15H22O4/c1-8-6-11-10(9(2)13(17)18)7-14(3)12(16)4-5-15(8,14)19-11/h8,10-12,16H,2,4-7H2,1,3H3,(H,17,18). The van der Waals surface area contributed by atoms with Gasteiger partial charge in [0, 0.05) is 16.9 Å². The van der Waals surface area contributed by atoms with E-state index in [1.54, 1.807) is 0 Å². The molecule has 0 aromatic rings. The Hall–Kier alpha value is -0.870. The van der Waals surface area contributed by atoms with Crippen LogP contribution in [0.4, 0.5) is 0 Å². The van der Waals surface area contributed by atoms with Gasteiger partial charge in [0.1, 0.15) is 0 Å². The van der Waals surface area contributed by atoms with Gasteiger partial charge in [0.25, 0.3) is 0 Å². The first kappa shape index (κ1) is 13.1. The maximum absolute atomic E-state index is 11.2. The van der Waals surface area contributed by atoms with Crippen LogP contribution in [0, 0.1) is 17.3 Å². The lowest BCUT2D eigenvalue weighted by atomic mass is 9.65. The van der Waals surface area contributed by atoms with Gasteiger partial charge in [0.05, 0.1) is 17.8 Å². The van der Waals surface area contributed by atoms with Crippen molar-refractivity contribution in [1.82, 2.24) is 0 Å². The van der Waals surface area contributed by atoms with E-state index in [4.69, 9.17) is 4.74 Å². The highest BCUT2D eigenvalue weighted by Gasteiger charge is 2.68. The van der Waals surface area contributed by atoms with Gasteiger partial charge in [-0.05, 0) is 31.6 Å². The molecule has 19 heavy (non-hydrogen) atoms. The van der Waals surface area contributed by atoms with E-state index >= 15 is 0 Å². The highest BCUT2D eigenvalue weighted by atomic mass is 16.5. The summed E-state index contributed by atoms with van der Waals surface area (Å²) in [6, 6.07) is 0. The van der Waals surface area contributed by atoms with Gasteiger partial charge in [-0.3, -0.25) is 0 Å². The van der Waals surface area contributed by atoms with Crippen LogP contribution < -0.4 is 0 Å². The van der Waals surface area contributed by atoms with Gasteiger partial charge in [-0.2, -0.15) is 0 Å². The number of carbonyl (C=O) groups is 1. The zero-order chi connectivity index (χ0) is 14.0. The molecule has 3 rings (SSSR count). The summed E-state index contributed by atoms with van der Waals surface area (Å²) >= 11 is 0. The maximum Gasteiger partial charge on any atom is 0.331 e. The van der Waals surface area contributed by atoms with Crippen molar-refractivity contribution < 1.29 is 19.7 Å². The van der Waals surface area contributed by atoms with Crippen LogP contribution in [0.5, 0.6) is 0 Å². The Morgan fingerprint density at radius 1 is 1.47 bits per heavy atom. The topological polar surface area (TPSA) is 66.8 Å². The van der Waals surface area contributed by atoms with Crippen LogP contribution in [0.15, 0.2) is 12.2 Å². The fourth-order valence-electron chi connectivity index (χ4n) is 4.86. The molecule has 1 spiro atoms. The second-order valence-electron chi connectivity index (χ2n) is 6.80. The lowest BCUT2D eigenvalue weighted by molar-refractivity contribution is -0.193. The summed E-state index contributed by atoms with van der Waals surface area (Å²) in [5.74, 6) is -0.753. The molecule has 2 heterocycles. The number of carboxylic acid groups (broad SMARTS) is 1. The quantitative estimate of drug-likeness (QED) is 0.750. The minimum absolute atomic E-state index is 0.0445. The third kappa shape index (κ3) is 1.44. The second kappa shape index (κ2) is 3.83. The van der Waals surface area contributed by atoms with Crippen molar-refractivity contribution in [2.45, 2.75) is 57.3 Å². The molecule has 2 bridgehead atoms. The van der Waals surface area contributed by atoms with Crippen molar-refractivity contribution in [3.8, 4) is 0 Å². The van der Waals surface area contributed by atoms with Crippen molar-refractivity contribution in [1.29, 1.82) is 0 Å². The summed E-state index contributed by atoms with van der Waals surface area (Å²) in [4.78, 5) is 11.2. The molecule has 3 fully saturated rings. The zero-order valence-electron chi connectivity index (χ0n) is 11.6. The van der Waals surface area contributed by atoms with Gasteiger partial charge in [-0.1, -0.05) is 20.4 Å². The summed E-state index contributed by atoms with van der Waals surface area (Å²) in [7, 11) is 0. The van der Waals surface area contributed by atoms with Gasteiger partial charge in [-0.15, -0.1) is 0 Å². The molecule has 4 nitrogen and oxygen atoms in total. The van der Waals surface area contributed by atoms with Crippen LogP contribution in [0.1, 0.15) is 39.5 Å². The Labute approximate surface area is 113 Å². The van der Waals surface area contributed by atoms with Crippen molar-refractivity contribution >= 4 is 5.97 Å². The summed E-state index contributed by atoms with van der Waals surface area (Å²) in [5.41, 5.74) is -0.373. The Bertz CT molecular complexity index is 445. The number of hydrogen-bond donors (Lipinski definition) is 2. The molecule has 2 N–H and O–H groups in total. The van der Waals surface area contributed by atoms with Gasteiger partial charge >= 0.3 is 5.97 Å². The van der Waals surface area contributed by atoms with Gasteiger partial charge in [-0.25, -0.2) is 4.79 Å². The number of carboxylic acids is 1. The lowest BCUT2D eigenvalue weighted by Crippen LogP contribution is -2.55. The van der Waals surface area contributed by atoms with Crippen LogP contribution in [0.3, 0.4) is 0 Å². The molecule has 0 radical (unpaired) electrons. The normalized spacial score (nSPS) is 51.9. The summed E-state index contributed by atoms with van der Waals surface area (Å²) < 4.78 is 6.29. The fraction of sp³-hybridized carbons (Fsp3) is 0.800. The van der Waals surface area contributed by atoms with Crippen LogP contribution in [0.25, 0.3) is 0 Å². The number of hydrogen-bond acceptors (Lipinski definition) is 3. The third-order valence-electron chi connectivity index (χ3n) is 6.05. The van der Waals surface area contributed by atoms with Crippen LogP contribution in [-0.4, -0.2) is 34.0 Å². The molecule has 2 saturated heterocycles. The fourth-order valence-corrected chi connectivity index (χ4v) is 4.86. The first-order chi connectivity index (χ1) is 8.82. The SMILES string of the molecule is C=C(C(=O)O)C1CC2(C)C(O)CCC23OC1CC3C. The first-order valence-electron chi connectivity index (χ1n) is 7.10. The minimum atomic E-state index is -0.947. The predicted molar refractivity (Wildman–Crippen MR) is 69.6 cm³/mol. The average molecular weight is 266 g/mol. The number of rotatable bonds is 2. The molecule has 1 aliphatic carbocycles. The lowest BCUT2D eigenvalue weighted by Gasteiger charge is -2.50. The number of aliphatic hydroxyl groups excluding tert-OH is 1. The van der Waals surface area contributed by atoms with E-state index in [-0.39, 0.29) is 28.6 Å². The number of fused-ring (bicyclic) bond motifs is 1. The Balaban J connectivity index is 2.00. The Morgan fingerprint density at radius 3 is 2.79 bits per heavy atom. The molecule has 1 saturated carbocycles. The molecule has 0 amide bonds. The van der Waals surface area contributed by atoms with E-state index in [0.29, 0.717) is 12.3 Å². The molecule has 106 valence electrons. The number of aliphatic carboxylic acids is 1. The summed E-state index contributed by atoms with van der Waals surface area (Å²) in [6.45, 7) is 7.96. The van der Waals surface area contributed by atoms with Crippen molar-refractivity contribution in [3.05, 3.63) is 12.2 Å². The molecular weight excluding hydrogens is 244 g/mol. The third-order valence-corrected chi connectivity index (χ3v) is 6.05. The molecule has 6 atom stereocenters. The Kier molecular flexibility index (Phi) is 2.64. The molecule has 4 heteroatoms.